The maximum Gasteiger partial charge on any atom is 0.338 e. The molecule has 9 heteroatoms. The highest BCUT2D eigenvalue weighted by Gasteiger charge is 2.35. The molecule has 0 spiro atoms. The van der Waals surface area contributed by atoms with Crippen LogP contribution in [0.1, 0.15) is 22.8 Å². The van der Waals surface area contributed by atoms with Gasteiger partial charge in [0.15, 0.2) is 0 Å². The Hall–Kier alpha value is -4.14. The maximum absolute atomic E-state index is 12.5. The van der Waals surface area contributed by atoms with E-state index in [4.69, 9.17) is 4.74 Å². The lowest BCUT2D eigenvalue weighted by atomic mass is 10.1. The van der Waals surface area contributed by atoms with Crippen molar-refractivity contribution < 1.29 is 29.0 Å². The van der Waals surface area contributed by atoms with Crippen molar-refractivity contribution in [3.8, 4) is 5.75 Å². The summed E-state index contributed by atoms with van der Waals surface area (Å²) in [6, 6.07) is 11.6. The van der Waals surface area contributed by atoms with E-state index < -0.39 is 30.4 Å². The van der Waals surface area contributed by atoms with Gasteiger partial charge in [-0.2, -0.15) is 0 Å². The molecule has 0 aromatic heterocycles. The molecule has 4 amide bonds. The number of hydrogen-bond donors (Lipinski definition) is 3. The lowest BCUT2D eigenvalue weighted by molar-refractivity contribution is -0.127. The van der Waals surface area contributed by atoms with Crippen LogP contribution in [0.5, 0.6) is 5.75 Å². The number of anilines is 1. The van der Waals surface area contributed by atoms with Gasteiger partial charge in [0.05, 0.1) is 12.2 Å². The number of benzene rings is 2. The molecule has 0 bridgehead atoms. The SMILES string of the molecule is CCOC(=O)c1ccc(NC(=O)CN2C(=O)N/C(=C\c3ccccc3O)C2=O)cc1. The van der Waals surface area contributed by atoms with Gasteiger partial charge in [0.1, 0.15) is 18.0 Å². The van der Waals surface area contributed by atoms with Crippen LogP contribution in [0.25, 0.3) is 6.08 Å². The zero-order chi connectivity index (χ0) is 21.7. The van der Waals surface area contributed by atoms with Gasteiger partial charge >= 0.3 is 12.0 Å². The van der Waals surface area contributed by atoms with E-state index in [1.165, 1.54) is 36.4 Å². The van der Waals surface area contributed by atoms with Crippen molar-refractivity contribution in [2.45, 2.75) is 6.92 Å². The largest absolute Gasteiger partial charge is 0.507 e. The average Bonchev–Trinajstić information content (AvgIpc) is 2.98. The number of carbonyl (C=O) groups is 4. The molecule has 0 radical (unpaired) electrons. The lowest BCUT2D eigenvalue weighted by Crippen LogP contribution is -2.38. The Labute approximate surface area is 171 Å². The van der Waals surface area contributed by atoms with E-state index in [-0.39, 0.29) is 18.1 Å². The van der Waals surface area contributed by atoms with Crippen LogP contribution >= 0.6 is 0 Å². The molecule has 2 aromatic rings. The zero-order valence-electron chi connectivity index (χ0n) is 16.0. The molecule has 9 nitrogen and oxygen atoms in total. The van der Waals surface area contributed by atoms with Crippen molar-refractivity contribution in [3.63, 3.8) is 0 Å². The summed E-state index contributed by atoms with van der Waals surface area (Å²) in [5.41, 5.74) is 1.04. The summed E-state index contributed by atoms with van der Waals surface area (Å²) in [4.78, 5) is 49.2. The predicted molar refractivity (Wildman–Crippen MR) is 107 cm³/mol. The van der Waals surface area contributed by atoms with Gasteiger partial charge in [-0.25, -0.2) is 14.5 Å². The van der Waals surface area contributed by atoms with E-state index in [9.17, 15) is 24.3 Å². The van der Waals surface area contributed by atoms with Gasteiger partial charge in [-0.15, -0.1) is 0 Å². The van der Waals surface area contributed by atoms with Gasteiger partial charge in [0, 0.05) is 11.3 Å². The molecule has 3 N–H and O–H groups in total. The normalized spacial score (nSPS) is 14.6. The Morgan fingerprint density at radius 3 is 2.50 bits per heavy atom. The minimum absolute atomic E-state index is 0.0468. The molecule has 1 fully saturated rings. The number of amides is 4. The molecule has 30 heavy (non-hydrogen) atoms. The summed E-state index contributed by atoms with van der Waals surface area (Å²) in [6.07, 6.45) is 1.33. The van der Waals surface area contributed by atoms with E-state index in [0.717, 1.165) is 4.90 Å². The van der Waals surface area contributed by atoms with E-state index in [1.54, 1.807) is 25.1 Å². The third-order valence-corrected chi connectivity index (χ3v) is 4.18. The highest BCUT2D eigenvalue weighted by atomic mass is 16.5. The molecule has 1 saturated heterocycles. The molecule has 154 valence electrons. The molecule has 3 rings (SSSR count). The second-order valence-corrected chi connectivity index (χ2v) is 6.28. The summed E-state index contributed by atoms with van der Waals surface area (Å²) in [5.74, 6) is -1.80. The minimum atomic E-state index is -0.741. The van der Waals surface area contributed by atoms with Crippen LogP contribution in [-0.4, -0.2) is 47.0 Å². The molecule has 0 saturated carbocycles. The second kappa shape index (κ2) is 8.91. The molecule has 2 aromatic carbocycles. The first-order chi connectivity index (χ1) is 14.4. The van der Waals surface area contributed by atoms with Crippen LogP contribution in [0, 0.1) is 0 Å². The van der Waals surface area contributed by atoms with Crippen LogP contribution in [0.15, 0.2) is 54.2 Å². The van der Waals surface area contributed by atoms with E-state index >= 15 is 0 Å². The van der Waals surface area contributed by atoms with E-state index in [2.05, 4.69) is 10.6 Å². The number of phenols is 1. The van der Waals surface area contributed by atoms with Crippen LogP contribution in [0.3, 0.4) is 0 Å². The lowest BCUT2D eigenvalue weighted by Gasteiger charge is -2.12. The Morgan fingerprint density at radius 1 is 1.13 bits per heavy atom. The number of urea groups is 1. The second-order valence-electron chi connectivity index (χ2n) is 6.28. The molecule has 0 atom stereocenters. The number of rotatable bonds is 6. The Morgan fingerprint density at radius 2 is 1.83 bits per heavy atom. The fourth-order valence-corrected chi connectivity index (χ4v) is 2.73. The predicted octanol–water partition coefficient (Wildman–Crippen LogP) is 2.10. The Balaban J connectivity index is 1.64. The number of hydrogen-bond acceptors (Lipinski definition) is 6. The van der Waals surface area contributed by atoms with Crippen molar-refractivity contribution in [2.75, 3.05) is 18.5 Å². The number of nitrogens with one attached hydrogen (secondary N) is 2. The smallest absolute Gasteiger partial charge is 0.338 e. The first kappa shape index (κ1) is 20.6. The quantitative estimate of drug-likeness (QED) is 0.381. The monoisotopic (exact) mass is 409 g/mol. The first-order valence-corrected chi connectivity index (χ1v) is 9.08. The van der Waals surface area contributed by atoms with Crippen molar-refractivity contribution in [1.29, 1.82) is 0 Å². The number of esters is 1. The van der Waals surface area contributed by atoms with Crippen LogP contribution < -0.4 is 10.6 Å². The molecular formula is C21H19N3O6. The van der Waals surface area contributed by atoms with Gasteiger partial charge in [-0.3, -0.25) is 9.59 Å². The molecular weight excluding hydrogens is 390 g/mol. The van der Waals surface area contributed by atoms with Gasteiger partial charge in [0.2, 0.25) is 5.91 Å². The molecule has 1 aliphatic heterocycles. The standard InChI is InChI=1S/C21H19N3O6/c1-2-30-20(28)13-7-9-15(10-8-13)22-18(26)12-24-19(27)16(23-21(24)29)11-14-5-3-4-6-17(14)25/h3-11,25H,2,12H2,1H3,(H,22,26)(H,23,29)/b16-11-. The minimum Gasteiger partial charge on any atom is -0.507 e. The van der Waals surface area contributed by atoms with E-state index in [0.29, 0.717) is 16.8 Å². The van der Waals surface area contributed by atoms with Crippen LogP contribution in [0.2, 0.25) is 0 Å². The fourth-order valence-electron chi connectivity index (χ4n) is 2.73. The van der Waals surface area contributed by atoms with Crippen molar-refractivity contribution in [1.82, 2.24) is 10.2 Å². The van der Waals surface area contributed by atoms with Gasteiger partial charge in [0.25, 0.3) is 5.91 Å². The summed E-state index contributed by atoms with van der Waals surface area (Å²) >= 11 is 0. The average molecular weight is 409 g/mol. The summed E-state index contributed by atoms with van der Waals surface area (Å²) in [6.45, 7) is 1.46. The molecule has 0 aliphatic carbocycles. The molecule has 1 aliphatic rings. The highest BCUT2D eigenvalue weighted by Crippen LogP contribution is 2.21. The van der Waals surface area contributed by atoms with Crippen molar-refractivity contribution in [3.05, 3.63) is 65.4 Å². The first-order valence-electron chi connectivity index (χ1n) is 9.08. The number of carbonyl (C=O) groups excluding carboxylic acids is 4. The van der Waals surface area contributed by atoms with Crippen LogP contribution in [-0.2, 0) is 14.3 Å². The van der Waals surface area contributed by atoms with Gasteiger partial charge < -0.3 is 20.5 Å². The number of phenolic OH excluding ortho intramolecular Hbond substituents is 1. The van der Waals surface area contributed by atoms with Crippen LogP contribution in [0.4, 0.5) is 10.5 Å². The Kier molecular flexibility index (Phi) is 6.11. The van der Waals surface area contributed by atoms with Crippen molar-refractivity contribution >= 4 is 35.6 Å². The zero-order valence-corrected chi connectivity index (χ0v) is 16.0. The molecule has 1 heterocycles. The summed E-state index contributed by atoms with van der Waals surface area (Å²) in [7, 11) is 0. The maximum atomic E-state index is 12.5. The third kappa shape index (κ3) is 4.64. The highest BCUT2D eigenvalue weighted by molar-refractivity contribution is 6.16. The van der Waals surface area contributed by atoms with Gasteiger partial charge in [-0.1, -0.05) is 18.2 Å². The number of ether oxygens (including phenoxy) is 1. The van der Waals surface area contributed by atoms with E-state index in [1.807, 2.05) is 0 Å². The molecule has 0 unspecified atom stereocenters. The number of nitrogens with zero attached hydrogens (tertiary/aromatic N) is 1. The number of aromatic hydroxyl groups is 1. The topological polar surface area (TPSA) is 125 Å². The summed E-state index contributed by atoms with van der Waals surface area (Å²) < 4.78 is 4.89. The number of para-hydroxylation sites is 1. The third-order valence-electron chi connectivity index (χ3n) is 4.18. The number of imide groups is 1. The van der Waals surface area contributed by atoms with Gasteiger partial charge in [-0.05, 0) is 43.3 Å². The van der Waals surface area contributed by atoms with Crippen molar-refractivity contribution in [2.24, 2.45) is 0 Å². The summed E-state index contributed by atoms with van der Waals surface area (Å²) in [5, 5.41) is 14.8. The Bertz CT molecular complexity index is 1030. The fraction of sp³-hybridized carbons (Fsp3) is 0.143.